The van der Waals surface area contributed by atoms with Gasteiger partial charge in [0.1, 0.15) is 5.82 Å². The molecule has 0 aliphatic carbocycles. The van der Waals surface area contributed by atoms with Crippen molar-refractivity contribution < 1.29 is 4.79 Å². The lowest BCUT2D eigenvalue weighted by Crippen LogP contribution is -2.27. The number of hydrogen-bond acceptors (Lipinski definition) is 2. The van der Waals surface area contributed by atoms with E-state index in [1.165, 1.54) is 5.56 Å². The summed E-state index contributed by atoms with van der Waals surface area (Å²) in [5.41, 5.74) is 4.32. The molecule has 2 aromatic carbocycles. The zero-order chi connectivity index (χ0) is 17.6. The maximum absolute atomic E-state index is 12.0. The van der Waals surface area contributed by atoms with Crippen LogP contribution in [-0.2, 0) is 17.6 Å². The monoisotopic (exact) mass is 333 g/mol. The first-order valence-corrected chi connectivity index (χ1v) is 8.54. The molecule has 0 spiro atoms. The van der Waals surface area contributed by atoms with Crippen molar-refractivity contribution in [2.24, 2.45) is 0 Å². The number of aromatic nitrogens is 2. The molecule has 0 saturated carbocycles. The molecule has 3 aromatic rings. The molecule has 1 amide bonds. The second-order valence-electron chi connectivity index (χ2n) is 6.25. The van der Waals surface area contributed by atoms with Gasteiger partial charge < -0.3 is 9.88 Å². The molecule has 0 unspecified atom stereocenters. The lowest BCUT2D eigenvalue weighted by atomic mass is 10.1. The summed E-state index contributed by atoms with van der Waals surface area (Å²) in [5, 5.41) is 2.97. The number of nitrogens with one attached hydrogen (secondary N) is 1. The lowest BCUT2D eigenvalue weighted by molar-refractivity contribution is -0.120. The summed E-state index contributed by atoms with van der Waals surface area (Å²) in [5.74, 6) is 0.996. The maximum atomic E-state index is 12.0. The third-order valence-electron chi connectivity index (χ3n) is 4.16. The maximum Gasteiger partial charge on any atom is 0.224 e. The van der Waals surface area contributed by atoms with E-state index in [1.54, 1.807) is 0 Å². The van der Waals surface area contributed by atoms with Crippen molar-refractivity contribution in [2.75, 3.05) is 6.54 Å². The van der Waals surface area contributed by atoms with Crippen molar-refractivity contribution in [2.45, 2.75) is 26.7 Å². The number of amides is 1. The van der Waals surface area contributed by atoms with Crippen molar-refractivity contribution in [1.29, 1.82) is 0 Å². The minimum absolute atomic E-state index is 0.0445. The molecule has 128 valence electrons. The van der Waals surface area contributed by atoms with E-state index in [0.717, 1.165) is 29.2 Å². The summed E-state index contributed by atoms with van der Waals surface area (Å²) in [4.78, 5) is 16.6. The Morgan fingerprint density at radius 3 is 2.48 bits per heavy atom. The van der Waals surface area contributed by atoms with Crippen LogP contribution in [-0.4, -0.2) is 22.0 Å². The highest BCUT2D eigenvalue weighted by atomic mass is 16.1. The zero-order valence-corrected chi connectivity index (χ0v) is 14.7. The number of aryl methyl sites for hydroxylation is 2. The van der Waals surface area contributed by atoms with E-state index in [4.69, 9.17) is 0 Å². The predicted octanol–water partition coefficient (Wildman–Crippen LogP) is 3.39. The smallest absolute Gasteiger partial charge is 0.224 e. The molecule has 0 atom stereocenters. The van der Waals surface area contributed by atoms with Gasteiger partial charge in [-0.15, -0.1) is 0 Å². The normalized spacial score (nSPS) is 10.6. The van der Waals surface area contributed by atoms with Gasteiger partial charge in [-0.3, -0.25) is 4.79 Å². The minimum Gasteiger partial charge on any atom is -0.355 e. The fourth-order valence-electron chi connectivity index (χ4n) is 2.79. The van der Waals surface area contributed by atoms with Crippen molar-refractivity contribution in [3.05, 3.63) is 83.4 Å². The number of carbonyl (C=O) groups is 1. The van der Waals surface area contributed by atoms with Gasteiger partial charge >= 0.3 is 0 Å². The van der Waals surface area contributed by atoms with Gasteiger partial charge in [0.05, 0.1) is 12.1 Å². The van der Waals surface area contributed by atoms with Crippen LogP contribution < -0.4 is 5.32 Å². The van der Waals surface area contributed by atoms with Gasteiger partial charge in [-0.05, 0) is 31.5 Å². The average Bonchev–Trinajstić information content (AvgIpc) is 2.98. The number of carbonyl (C=O) groups excluding carboxylic acids is 1. The van der Waals surface area contributed by atoms with E-state index >= 15 is 0 Å². The van der Waals surface area contributed by atoms with Gasteiger partial charge in [-0.2, -0.15) is 0 Å². The van der Waals surface area contributed by atoms with Crippen molar-refractivity contribution in [1.82, 2.24) is 14.9 Å². The topological polar surface area (TPSA) is 46.9 Å². The molecule has 0 bridgehead atoms. The van der Waals surface area contributed by atoms with Gasteiger partial charge in [0.15, 0.2) is 0 Å². The minimum atomic E-state index is 0.0445. The second kappa shape index (κ2) is 7.79. The summed E-state index contributed by atoms with van der Waals surface area (Å²) in [7, 11) is 0. The molecule has 1 aromatic heterocycles. The molecule has 0 aliphatic heterocycles. The van der Waals surface area contributed by atoms with Crippen LogP contribution in [0, 0.1) is 13.8 Å². The molecule has 0 radical (unpaired) electrons. The molecular formula is C21H23N3O. The van der Waals surface area contributed by atoms with Crippen molar-refractivity contribution in [3.63, 3.8) is 0 Å². The van der Waals surface area contributed by atoms with Gasteiger partial charge in [0.2, 0.25) is 5.91 Å². The number of nitrogens with zero attached hydrogens (tertiary/aromatic N) is 2. The Hall–Kier alpha value is -2.88. The van der Waals surface area contributed by atoms with Crippen LogP contribution in [0.15, 0.2) is 60.8 Å². The largest absolute Gasteiger partial charge is 0.355 e. The third-order valence-corrected chi connectivity index (χ3v) is 4.16. The van der Waals surface area contributed by atoms with Crippen molar-refractivity contribution >= 4 is 5.91 Å². The number of hydrogen-bond donors (Lipinski definition) is 1. The van der Waals surface area contributed by atoms with Gasteiger partial charge in [0.25, 0.3) is 0 Å². The van der Waals surface area contributed by atoms with E-state index in [9.17, 15) is 4.79 Å². The molecular weight excluding hydrogens is 310 g/mol. The molecule has 0 aliphatic rings. The van der Waals surface area contributed by atoms with Crippen molar-refractivity contribution in [3.8, 4) is 5.69 Å². The second-order valence-corrected chi connectivity index (χ2v) is 6.25. The highest BCUT2D eigenvalue weighted by Gasteiger charge is 2.07. The van der Waals surface area contributed by atoms with Crippen LogP contribution in [0.3, 0.4) is 0 Å². The molecule has 4 nitrogen and oxygen atoms in total. The van der Waals surface area contributed by atoms with Crippen LogP contribution in [0.5, 0.6) is 0 Å². The number of para-hydroxylation sites is 1. The molecule has 4 heteroatoms. The summed E-state index contributed by atoms with van der Waals surface area (Å²) in [6.45, 7) is 4.63. The molecule has 25 heavy (non-hydrogen) atoms. The fourth-order valence-corrected chi connectivity index (χ4v) is 2.79. The van der Waals surface area contributed by atoms with E-state index in [2.05, 4.69) is 27.0 Å². The van der Waals surface area contributed by atoms with Crippen LogP contribution in [0.4, 0.5) is 0 Å². The molecule has 0 saturated heterocycles. The van der Waals surface area contributed by atoms with Gasteiger partial charge in [-0.25, -0.2) is 4.98 Å². The standard InChI is InChI=1S/C21H23N3O/c1-16-8-10-18(11-9-16)14-21(25)22-13-12-19-15-24(17(2)23-19)20-6-4-3-5-7-20/h3-11,15H,12-14H2,1-2H3,(H,22,25). The van der Waals surface area contributed by atoms with Crippen LogP contribution in [0.25, 0.3) is 5.69 Å². The number of imidazole rings is 1. The van der Waals surface area contributed by atoms with Gasteiger partial charge in [0, 0.05) is 24.8 Å². The summed E-state index contributed by atoms with van der Waals surface area (Å²) in [6, 6.07) is 18.2. The van der Waals surface area contributed by atoms with E-state index in [1.807, 2.05) is 62.5 Å². The van der Waals surface area contributed by atoms with E-state index < -0.39 is 0 Å². The highest BCUT2D eigenvalue weighted by Crippen LogP contribution is 2.12. The molecule has 0 fully saturated rings. The number of rotatable bonds is 6. The Kier molecular flexibility index (Phi) is 5.29. The average molecular weight is 333 g/mol. The first-order valence-electron chi connectivity index (χ1n) is 8.54. The summed E-state index contributed by atoms with van der Waals surface area (Å²) >= 11 is 0. The third kappa shape index (κ3) is 4.57. The van der Waals surface area contributed by atoms with E-state index in [0.29, 0.717) is 13.0 Å². The first-order chi connectivity index (χ1) is 12.1. The first kappa shape index (κ1) is 17.0. The lowest BCUT2D eigenvalue weighted by Gasteiger charge is -2.05. The quantitative estimate of drug-likeness (QED) is 0.751. The Morgan fingerprint density at radius 2 is 1.76 bits per heavy atom. The molecule has 3 rings (SSSR count). The Morgan fingerprint density at radius 1 is 1.04 bits per heavy atom. The Bertz CT molecular complexity index is 835. The summed E-state index contributed by atoms with van der Waals surface area (Å²) < 4.78 is 2.07. The molecule has 1 N–H and O–H groups in total. The molecule has 1 heterocycles. The van der Waals surface area contributed by atoms with Crippen LogP contribution in [0.1, 0.15) is 22.6 Å². The number of benzene rings is 2. The summed E-state index contributed by atoms with van der Waals surface area (Å²) in [6.07, 6.45) is 3.18. The van der Waals surface area contributed by atoms with Gasteiger partial charge in [-0.1, -0.05) is 48.0 Å². The zero-order valence-electron chi connectivity index (χ0n) is 14.7. The Balaban J connectivity index is 1.52. The predicted molar refractivity (Wildman–Crippen MR) is 99.9 cm³/mol. The fraction of sp³-hybridized carbons (Fsp3) is 0.238. The van der Waals surface area contributed by atoms with Crippen LogP contribution >= 0.6 is 0 Å². The van der Waals surface area contributed by atoms with E-state index in [-0.39, 0.29) is 5.91 Å². The SMILES string of the molecule is Cc1ccc(CC(=O)NCCc2cn(-c3ccccc3)c(C)n2)cc1. The highest BCUT2D eigenvalue weighted by molar-refractivity contribution is 5.78. The van der Waals surface area contributed by atoms with Crippen LogP contribution in [0.2, 0.25) is 0 Å². The Labute approximate surface area is 148 Å².